The molecule has 1 aliphatic rings. The Morgan fingerprint density at radius 3 is 2.70 bits per heavy atom. The summed E-state index contributed by atoms with van der Waals surface area (Å²) < 4.78 is 18.7. The fourth-order valence-corrected chi connectivity index (χ4v) is 2.64. The maximum atomic E-state index is 13.4. The Kier molecular flexibility index (Phi) is 4.73. The van der Waals surface area contributed by atoms with Crippen molar-refractivity contribution in [2.75, 3.05) is 31.2 Å². The number of carbonyl (C=O) groups excluding carboxylic acids is 1. The molecule has 4 nitrogen and oxygen atoms in total. The van der Waals surface area contributed by atoms with Gasteiger partial charge in [-0.1, -0.05) is 6.07 Å². The summed E-state index contributed by atoms with van der Waals surface area (Å²) in [6.45, 7) is 3.76. The molecule has 1 heterocycles. The van der Waals surface area contributed by atoms with Crippen molar-refractivity contribution in [1.29, 1.82) is 0 Å². The molecule has 20 heavy (non-hydrogen) atoms. The number of nitrogens with two attached hydrogens (primary N) is 1. The van der Waals surface area contributed by atoms with Gasteiger partial charge in [-0.25, -0.2) is 4.39 Å². The van der Waals surface area contributed by atoms with Crippen LogP contribution in [0.15, 0.2) is 24.3 Å². The van der Waals surface area contributed by atoms with Crippen molar-refractivity contribution >= 4 is 11.6 Å². The van der Waals surface area contributed by atoms with Crippen LogP contribution in [-0.2, 0) is 9.53 Å². The summed E-state index contributed by atoms with van der Waals surface area (Å²) in [5, 5.41) is 0. The van der Waals surface area contributed by atoms with E-state index in [9.17, 15) is 9.18 Å². The van der Waals surface area contributed by atoms with Crippen LogP contribution in [-0.4, -0.2) is 32.2 Å². The molecule has 1 fully saturated rings. The molecule has 0 spiro atoms. The number of halogens is 1. The molecule has 0 atom stereocenters. The summed E-state index contributed by atoms with van der Waals surface area (Å²) in [6, 6.07) is 6.10. The highest BCUT2D eigenvalue weighted by molar-refractivity contribution is 5.97. The van der Waals surface area contributed by atoms with Gasteiger partial charge in [0.25, 0.3) is 0 Å². The number of rotatable bonds is 4. The lowest BCUT2D eigenvalue weighted by Crippen LogP contribution is -2.51. The summed E-state index contributed by atoms with van der Waals surface area (Å²) in [7, 11) is 0. The van der Waals surface area contributed by atoms with Gasteiger partial charge in [-0.2, -0.15) is 0 Å². The largest absolute Gasteiger partial charge is 0.381 e. The Hall–Kier alpha value is -1.46. The van der Waals surface area contributed by atoms with Gasteiger partial charge in [0.15, 0.2) is 0 Å². The maximum Gasteiger partial charge on any atom is 0.234 e. The summed E-state index contributed by atoms with van der Waals surface area (Å²) in [6.07, 6.45) is 1.24. The van der Waals surface area contributed by atoms with E-state index in [1.165, 1.54) is 12.1 Å². The molecule has 0 bridgehead atoms. The van der Waals surface area contributed by atoms with Crippen LogP contribution >= 0.6 is 0 Å². The first-order chi connectivity index (χ1) is 9.63. The van der Waals surface area contributed by atoms with Crippen LogP contribution < -0.4 is 10.6 Å². The van der Waals surface area contributed by atoms with Crippen molar-refractivity contribution in [1.82, 2.24) is 0 Å². The fraction of sp³-hybridized carbons (Fsp3) is 0.533. The fourth-order valence-electron chi connectivity index (χ4n) is 2.64. The minimum Gasteiger partial charge on any atom is -0.381 e. The minimum absolute atomic E-state index is 0.0311. The zero-order valence-corrected chi connectivity index (χ0v) is 11.8. The predicted octanol–water partition coefficient (Wildman–Crippen LogP) is 1.93. The van der Waals surface area contributed by atoms with E-state index >= 15 is 0 Å². The van der Waals surface area contributed by atoms with Gasteiger partial charge < -0.3 is 15.4 Å². The Morgan fingerprint density at radius 2 is 2.15 bits per heavy atom. The molecule has 0 unspecified atom stereocenters. The Bertz CT molecular complexity index is 473. The standard InChI is InChI=1S/C15H21FN2O2/c1-2-18(13-5-3-4-12(16)10-13)14(19)15(11-17)6-8-20-9-7-15/h3-5,10H,2,6-9,11,17H2,1H3. The number of carbonyl (C=O) groups is 1. The van der Waals surface area contributed by atoms with Gasteiger partial charge in [0.1, 0.15) is 5.82 Å². The van der Waals surface area contributed by atoms with Crippen molar-refractivity contribution in [2.24, 2.45) is 11.1 Å². The van der Waals surface area contributed by atoms with E-state index in [1.807, 2.05) is 6.92 Å². The zero-order valence-electron chi connectivity index (χ0n) is 11.8. The van der Waals surface area contributed by atoms with Crippen LogP contribution in [0, 0.1) is 11.2 Å². The number of hydrogen-bond acceptors (Lipinski definition) is 3. The SMILES string of the molecule is CCN(C(=O)C1(CN)CCOCC1)c1cccc(F)c1. The van der Waals surface area contributed by atoms with E-state index in [4.69, 9.17) is 10.5 Å². The average Bonchev–Trinajstić information content (AvgIpc) is 2.48. The average molecular weight is 280 g/mol. The number of anilines is 1. The molecule has 0 aromatic heterocycles. The monoisotopic (exact) mass is 280 g/mol. The summed E-state index contributed by atoms with van der Waals surface area (Å²) in [4.78, 5) is 14.5. The number of amides is 1. The molecule has 1 aromatic rings. The molecule has 2 rings (SSSR count). The highest BCUT2D eigenvalue weighted by atomic mass is 19.1. The van der Waals surface area contributed by atoms with Crippen LogP contribution in [0.4, 0.5) is 10.1 Å². The number of benzene rings is 1. The summed E-state index contributed by atoms with van der Waals surface area (Å²) in [5.41, 5.74) is 5.86. The van der Waals surface area contributed by atoms with Gasteiger partial charge in [0.05, 0.1) is 5.41 Å². The van der Waals surface area contributed by atoms with Crippen molar-refractivity contribution < 1.29 is 13.9 Å². The van der Waals surface area contributed by atoms with Gasteiger partial charge in [-0.15, -0.1) is 0 Å². The third-order valence-corrected chi connectivity index (χ3v) is 3.98. The Labute approximate surface area is 118 Å². The first-order valence-corrected chi connectivity index (χ1v) is 6.98. The molecule has 110 valence electrons. The lowest BCUT2D eigenvalue weighted by atomic mass is 9.78. The predicted molar refractivity (Wildman–Crippen MR) is 76.0 cm³/mol. The molecule has 0 radical (unpaired) electrons. The van der Waals surface area contributed by atoms with Crippen LogP contribution in [0.5, 0.6) is 0 Å². The van der Waals surface area contributed by atoms with Crippen molar-refractivity contribution in [2.45, 2.75) is 19.8 Å². The molecule has 0 aliphatic carbocycles. The lowest BCUT2D eigenvalue weighted by Gasteiger charge is -2.38. The van der Waals surface area contributed by atoms with Gasteiger partial charge in [0, 0.05) is 32.0 Å². The van der Waals surface area contributed by atoms with E-state index in [0.717, 1.165) is 0 Å². The minimum atomic E-state index is -0.583. The second kappa shape index (κ2) is 6.33. The number of ether oxygens (including phenoxy) is 1. The van der Waals surface area contributed by atoms with E-state index in [1.54, 1.807) is 17.0 Å². The van der Waals surface area contributed by atoms with Crippen molar-refractivity contribution in [3.05, 3.63) is 30.1 Å². The molecule has 1 amide bonds. The van der Waals surface area contributed by atoms with E-state index in [2.05, 4.69) is 0 Å². The molecule has 5 heteroatoms. The Balaban J connectivity index is 2.28. The maximum absolute atomic E-state index is 13.4. The molecule has 0 saturated carbocycles. The first-order valence-electron chi connectivity index (χ1n) is 6.98. The second-order valence-electron chi connectivity index (χ2n) is 5.13. The summed E-state index contributed by atoms with van der Waals surface area (Å²) >= 11 is 0. The highest BCUT2D eigenvalue weighted by Crippen LogP contribution is 2.33. The zero-order chi connectivity index (χ0) is 14.6. The first kappa shape index (κ1) is 14.9. The van der Waals surface area contributed by atoms with Crippen molar-refractivity contribution in [3.8, 4) is 0 Å². The Morgan fingerprint density at radius 1 is 1.45 bits per heavy atom. The normalized spacial score (nSPS) is 17.8. The van der Waals surface area contributed by atoms with E-state index in [0.29, 0.717) is 44.8 Å². The van der Waals surface area contributed by atoms with Crippen LogP contribution in [0.3, 0.4) is 0 Å². The third kappa shape index (κ3) is 2.83. The van der Waals surface area contributed by atoms with Gasteiger partial charge >= 0.3 is 0 Å². The number of hydrogen-bond donors (Lipinski definition) is 1. The van der Waals surface area contributed by atoms with E-state index in [-0.39, 0.29) is 11.7 Å². The third-order valence-electron chi connectivity index (χ3n) is 3.98. The smallest absolute Gasteiger partial charge is 0.234 e. The molecule has 2 N–H and O–H groups in total. The molecular formula is C15H21FN2O2. The van der Waals surface area contributed by atoms with E-state index < -0.39 is 5.41 Å². The van der Waals surface area contributed by atoms with Crippen molar-refractivity contribution in [3.63, 3.8) is 0 Å². The number of nitrogens with zero attached hydrogens (tertiary/aromatic N) is 1. The molecule has 1 saturated heterocycles. The molecular weight excluding hydrogens is 259 g/mol. The topological polar surface area (TPSA) is 55.6 Å². The van der Waals surface area contributed by atoms with Crippen LogP contribution in [0.25, 0.3) is 0 Å². The highest BCUT2D eigenvalue weighted by Gasteiger charge is 2.41. The van der Waals surface area contributed by atoms with Gasteiger partial charge in [-0.05, 0) is 38.0 Å². The van der Waals surface area contributed by atoms with Gasteiger partial charge in [-0.3, -0.25) is 4.79 Å². The lowest BCUT2D eigenvalue weighted by molar-refractivity contribution is -0.133. The molecule has 1 aromatic carbocycles. The summed E-state index contributed by atoms with van der Waals surface area (Å²) in [5.74, 6) is -0.376. The second-order valence-corrected chi connectivity index (χ2v) is 5.13. The quantitative estimate of drug-likeness (QED) is 0.917. The molecule has 1 aliphatic heterocycles. The van der Waals surface area contributed by atoms with Crippen LogP contribution in [0.2, 0.25) is 0 Å². The van der Waals surface area contributed by atoms with Crippen LogP contribution in [0.1, 0.15) is 19.8 Å². The van der Waals surface area contributed by atoms with Gasteiger partial charge in [0.2, 0.25) is 5.91 Å².